The Balaban J connectivity index is 2.13. The van der Waals surface area contributed by atoms with Crippen LogP contribution < -0.4 is 10.1 Å². The number of alkyl carbamates (subject to hydrolysis) is 1. The van der Waals surface area contributed by atoms with Gasteiger partial charge in [0.2, 0.25) is 0 Å². The number of cyclic esters (lactones) is 1. The zero-order valence-corrected chi connectivity index (χ0v) is 7.82. The van der Waals surface area contributed by atoms with Crippen LogP contribution in [0.4, 0.5) is 4.79 Å². The Morgan fingerprint density at radius 1 is 1.43 bits per heavy atom. The van der Waals surface area contributed by atoms with Crippen LogP contribution in [0.3, 0.4) is 0 Å². The van der Waals surface area contributed by atoms with E-state index in [0.717, 1.165) is 11.3 Å². The van der Waals surface area contributed by atoms with Crippen LogP contribution in [0, 0.1) is 0 Å². The number of hydrogen-bond donors (Lipinski definition) is 1. The number of carbonyl (C=O) groups excluding carboxylic acids is 1. The molecular formula is C10H11NO3. The van der Waals surface area contributed by atoms with Gasteiger partial charge in [0.15, 0.2) is 0 Å². The predicted molar refractivity (Wildman–Crippen MR) is 50.2 cm³/mol. The molecule has 0 saturated carbocycles. The van der Waals surface area contributed by atoms with E-state index in [1.54, 1.807) is 7.11 Å². The lowest BCUT2D eigenvalue weighted by molar-refractivity contribution is 0.177. The summed E-state index contributed by atoms with van der Waals surface area (Å²) in [5, 5.41) is 2.71. The molecule has 0 radical (unpaired) electrons. The lowest BCUT2D eigenvalue weighted by Crippen LogP contribution is -2.18. The summed E-state index contributed by atoms with van der Waals surface area (Å²) in [6.07, 6.45) is -0.356. The highest BCUT2D eigenvalue weighted by Crippen LogP contribution is 2.20. The minimum absolute atomic E-state index is 0.0339. The van der Waals surface area contributed by atoms with Gasteiger partial charge in [0.1, 0.15) is 12.4 Å². The lowest BCUT2D eigenvalue weighted by Gasteiger charge is -2.07. The van der Waals surface area contributed by atoms with Crippen molar-refractivity contribution < 1.29 is 14.3 Å². The number of methoxy groups -OCH3 is 1. The number of hydrogen-bond acceptors (Lipinski definition) is 3. The number of rotatable bonds is 2. The molecule has 0 unspecified atom stereocenters. The standard InChI is InChI=1S/C10H11NO3/c1-13-8-4-2-7(3-5-8)9-6-14-10(12)11-9/h2-5,9H,6H2,1H3,(H,11,12)/t9-/m0/s1. The molecule has 1 aliphatic heterocycles. The molecule has 4 heteroatoms. The molecule has 2 rings (SSSR count). The van der Waals surface area contributed by atoms with E-state index in [0.29, 0.717) is 6.61 Å². The number of nitrogens with one attached hydrogen (secondary N) is 1. The van der Waals surface area contributed by atoms with Crippen molar-refractivity contribution >= 4 is 6.09 Å². The fraction of sp³-hybridized carbons (Fsp3) is 0.300. The third-order valence-electron chi connectivity index (χ3n) is 2.19. The summed E-state index contributed by atoms with van der Waals surface area (Å²) in [5.41, 5.74) is 1.02. The van der Waals surface area contributed by atoms with Gasteiger partial charge < -0.3 is 14.8 Å². The van der Waals surface area contributed by atoms with Crippen molar-refractivity contribution in [2.45, 2.75) is 6.04 Å². The first-order valence-electron chi connectivity index (χ1n) is 4.37. The Hall–Kier alpha value is -1.71. The van der Waals surface area contributed by atoms with Gasteiger partial charge in [0.25, 0.3) is 0 Å². The van der Waals surface area contributed by atoms with Crippen LogP contribution in [0.25, 0.3) is 0 Å². The van der Waals surface area contributed by atoms with E-state index in [9.17, 15) is 4.79 Å². The maximum atomic E-state index is 10.8. The highest BCUT2D eigenvalue weighted by Gasteiger charge is 2.23. The summed E-state index contributed by atoms with van der Waals surface area (Å²) in [4.78, 5) is 10.8. The van der Waals surface area contributed by atoms with Crippen molar-refractivity contribution in [3.63, 3.8) is 0 Å². The van der Waals surface area contributed by atoms with Gasteiger partial charge in [-0.05, 0) is 17.7 Å². The zero-order chi connectivity index (χ0) is 9.97. The molecule has 1 saturated heterocycles. The summed E-state index contributed by atoms with van der Waals surface area (Å²) >= 11 is 0. The Labute approximate surface area is 81.8 Å². The molecule has 1 aromatic rings. The predicted octanol–water partition coefficient (Wildman–Crippen LogP) is 1.48. The van der Waals surface area contributed by atoms with E-state index in [4.69, 9.17) is 9.47 Å². The maximum Gasteiger partial charge on any atom is 0.407 e. The fourth-order valence-corrected chi connectivity index (χ4v) is 1.40. The van der Waals surface area contributed by atoms with Crippen LogP contribution in [0.1, 0.15) is 11.6 Å². The quantitative estimate of drug-likeness (QED) is 0.773. The number of ether oxygens (including phenoxy) is 2. The van der Waals surface area contributed by atoms with Crippen LogP contribution in [-0.4, -0.2) is 19.8 Å². The Kier molecular flexibility index (Phi) is 2.26. The van der Waals surface area contributed by atoms with Gasteiger partial charge in [-0.1, -0.05) is 12.1 Å². The third-order valence-corrected chi connectivity index (χ3v) is 2.19. The van der Waals surface area contributed by atoms with Crippen LogP contribution in [-0.2, 0) is 4.74 Å². The minimum atomic E-state index is -0.356. The molecule has 1 amide bonds. The molecule has 4 nitrogen and oxygen atoms in total. The molecule has 0 bridgehead atoms. The summed E-state index contributed by atoms with van der Waals surface area (Å²) < 4.78 is 9.83. The smallest absolute Gasteiger partial charge is 0.407 e. The molecule has 1 heterocycles. The first kappa shape index (κ1) is 8.87. The first-order valence-corrected chi connectivity index (χ1v) is 4.37. The molecule has 1 N–H and O–H groups in total. The van der Waals surface area contributed by atoms with E-state index in [1.807, 2.05) is 24.3 Å². The monoisotopic (exact) mass is 193 g/mol. The normalized spacial score (nSPS) is 20.1. The third kappa shape index (κ3) is 1.64. The van der Waals surface area contributed by atoms with Gasteiger partial charge in [-0.2, -0.15) is 0 Å². The number of amides is 1. The summed E-state index contributed by atoms with van der Waals surface area (Å²) in [6.45, 7) is 0.394. The van der Waals surface area contributed by atoms with Gasteiger partial charge >= 0.3 is 6.09 Å². The van der Waals surface area contributed by atoms with Gasteiger partial charge in [-0.25, -0.2) is 4.79 Å². The Morgan fingerprint density at radius 3 is 2.64 bits per heavy atom. The van der Waals surface area contributed by atoms with E-state index >= 15 is 0 Å². The van der Waals surface area contributed by atoms with Crippen LogP contribution >= 0.6 is 0 Å². The molecule has 1 aromatic carbocycles. The van der Waals surface area contributed by atoms with Crippen molar-refractivity contribution in [3.05, 3.63) is 29.8 Å². The molecule has 0 spiro atoms. The van der Waals surface area contributed by atoms with Crippen molar-refractivity contribution in [2.24, 2.45) is 0 Å². The molecule has 0 aliphatic carbocycles. The molecule has 1 fully saturated rings. The van der Waals surface area contributed by atoms with Crippen molar-refractivity contribution in [2.75, 3.05) is 13.7 Å². The molecular weight excluding hydrogens is 182 g/mol. The largest absolute Gasteiger partial charge is 0.497 e. The molecule has 1 aliphatic rings. The highest BCUT2D eigenvalue weighted by atomic mass is 16.6. The molecule has 14 heavy (non-hydrogen) atoms. The average Bonchev–Trinajstić information content (AvgIpc) is 2.65. The number of benzene rings is 1. The molecule has 0 aromatic heterocycles. The maximum absolute atomic E-state index is 10.8. The summed E-state index contributed by atoms with van der Waals surface area (Å²) in [5.74, 6) is 0.805. The van der Waals surface area contributed by atoms with Crippen molar-refractivity contribution in [1.82, 2.24) is 5.32 Å². The number of carbonyl (C=O) groups is 1. The summed E-state index contributed by atoms with van der Waals surface area (Å²) in [6, 6.07) is 7.52. The average molecular weight is 193 g/mol. The van der Waals surface area contributed by atoms with Gasteiger partial charge in [-0.15, -0.1) is 0 Å². The zero-order valence-electron chi connectivity index (χ0n) is 7.82. The van der Waals surface area contributed by atoms with Gasteiger partial charge in [0, 0.05) is 0 Å². The second kappa shape index (κ2) is 3.57. The first-order chi connectivity index (χ1) is 6.79. The highest BCUT2D eigenvalue weighted by molar-refractivity contribution is 5.70. The summed E-state index contributed by atoms with van der Waals surface area (Å²) in [7, 11) is 1.62. The van der Waals surface area contributed by atoms with Gasteiger partial charge in [-0.3, -0.25) is 0 Å². The molecule has 1 atom stereocenters. The van der Waals surface area contributed by atoms with E-state index in [2.05, 4.69) is 5.32 Å². The van der Waals surface area contributed by atoms with Crippen molar-refractivity contribution in [1.29, 1.82) is 0 Å². The fourth-order valence-electron chi connectivity index (χ4n) is 1.40. The minimum Gasteiger partial charge on any atom is -0.497 e. The molecule has 74 valence electrons. The van der Waals surface area contributed by atoms with Crippen molar-refractivity contribution in [3.8, 4) is 5.75 Å². The van der Waals surface area contributed by atoms with E-state index in [-0.39, 0.29) is 12.1 Å². The van der Waals surface area contributed by atoms with E-state index in [1.165, 1.54) is 0 Å². The van der Waals surface area contributed by atoms with Crippen LogP contribution in [0.15, 0.2) is 24.3 Å². The van der Waals surface area contributed by atoms with Gasteiger partial charge in [0.05, 0.1) is 13.2 Å². The second-order valence-electron chi connectivity index (χ2n) is 3.07. The SMILES string of the molecule is COc1ccc([C@@H]2COC(=O)N2)cc1. The Morgan fingerprint density at radius 2 is 2.14 bits per heavy atom. The second-order valence-corrected chi connectivity index (χ2v) is 3.07. The lowest BCUT2D eigenvalue weighted by atomic mass is 10.1. The topological polar surface area (TPSA) is 47.6 Å². The van der Waals surface area contributed by atoms with E-state index < -0.39 is 0 Å². The Bertz CT molecular complexity index is 334. The van der Waals surface area contributed by atoms with Crippen LogP contribution in [0.2, 0.25) is 0 Å². The van der Waals surface area contributed by atoms with Crippen LogP contribution in [0.5, 0.6) is 5.75 Å².